The molecular formula is C18H37N3. The van der Waals surface area contributed by atoms with Gasteiger partial charge in [0.25, 0.3) is 0 Å². The molecule has 0 aromatic rings. The molecule has 3 heteroatoms. The van der Waals surface area contributed by atoms with Gasteiger partial charge in [-0.1, -0.05) is 27.2 Å². The fourth-order valence-electron chi connectivity index (χ4n) is 4.36. The molecule has 0 bridgehead atoms. The Labute approximate surface area is 132 Å². The van der Waals surface area contributed by atoms with E-state index in [-0.39, 0.29) is 0 Å². The third kappa shape index (κ3) is 5.22. The van der Waals surface area contributed by atoms with E-state index in [2.05, 4.69) is 35.9 Å². The van der Waals surface area contributed by atoms with Gasteiger partial charge in [0.15, 0.2) is 0 Å². The van der Waals surface area contributed by atoms with Crippen molar-refractivity contribution in [2.45, 2.75) is 65.3 Å². The Kier molecular flexibility index (Phi) is 6.97. The van der Waals surface area contributed by atoms with Crippen LogP contribution in [0.3, 0.4) is 0 Å². The van der Waals surface area contributed by atoms with Crippen molar-refractivity contribution in [3.05, 3.63) is 0 Å². The van der Waals surface area contributed by atoms with Crippen LogP contribution in [-0.2, 0) is 0 Å². The first-order valence-corrected chi connectivity index (χ1v) is 9.34. The van der Waals surface area contributed by atoms with E-state index in [1.54, 1.807) is 0 Å². The summed E-state index contributed by atoms with van der Waals surface area (Å²) in [5.74, 6) is 0. The molecule has 2 atom stereocenters. The summed E-state index contributed by atoms with van der Waals surface area (Å²) in [5.41, 5.74) is 0.442. The number of hydrogen-bond acceptors (Lipinski definition) is 3. The Balaban J connectivity index is 1.88. The molecule has 0 saturated carbocycles. The first-order valence-electron chi connectivity index (χ1n) is 9.34. The predicted octanol–water partition coefficient (Wildman–Crippen LogP) is 2.96. The van der Waals surface area contributed by atoms with Gasteiger partial charge in [-0.05, 0) is 63.7 Å². The van der Waals surface area contributed by atoms with Gasteiger partial charge >= 0.3 is 0 Å². The van der Waals surface area contributed by atoms with Gasteiger partial charge in [0, 0.05) is 25.7 Å². The van der Waals surface area contributed by atoms with E-state index in [9.17, 15) is 0 Å². The Morgan fingerprint density at radius 2 is 1.90 bits per heavy atom. The molecule has 0 radical (unpaired) electrons. The van der Waals surface area contributed by atoms with Crippen LogP contribution in [0.1, 0.15) is 59.3 Å². The maximum absolute atomic E-state index is 3.67. The molecule has 3 nitrogen and oxygen atoms in total. The summed E-state index contributed by atoms with van der Waals surface area (Å²) in [6.45, 7) is 16.0. The zero-order valence-electron chi connectivity index (χ0n) is 14.7. The SMILES string of the molecule is CCCNCC(C)(CCC)CN1CCCN2CCCC2C1. The lowest BCUT2D eigenvalue weighted by atomic mass is 9.84. The van der Waals surface area contributed by atoms with Gasteiger partial charge < -0.3 is 10.2 Å². The normalized spacial score (nSPS) is 27.3. The monoisotopic (exact) mass is 295 g/mol. The van der Waals surface area contributed by atoms with Crippen molar-refractivity contribution >= 4 is 0 Å². The average molecular weight is 296 g/mol. The van der Waals surface area contributed by atoms with Crippen LogP contribution in [0.4, 0.5) is 0 Å². The van der Waals surface area contributed by atoms with Crippen molar-refractivity contribution in [3.8, 4) is 0 Å². The highest BCUT2D eigenvalue weighted by atomic mass is 15.3. The molecule has 2 aliphatic rings. The van der Waals surface area contributed by atoms with Gasteiger partial charge in [-0.2, -0.15) is 0 Å². The third-order valence-electron chi connectivity index (χ3n) is 5.33. The highest BCUT2D eigenvalue weighted by molar-refractivity contribution is 4.88. The molecule has 2 heterocycles. The summed E-state index contributed by atoms with van der Waals surface area (Å²) in [6, 6.07) is 0.849. The lowest BCUT2D eigenvalue weighted by molar-refractivity contribution is 0.139. The minimum atomic E-state index is 0.442. The molecule has 0 spiro atoms. The minimum absolute atomic E-state index is 0.442. The molecule has 2 unspecified atom stereocenters. The van der Waals surface area contributed by atoms with Crippen molar-refractivity contribution in [3.63, 3.8) is 0 Å². The van der Waals surface area contributed by atoms with Crippen molar-refractivity contribution in [1.29, 1.82) is 0 Å². The van der Waals surface area contributed by atoms with Crippen molar-refractivity contribution in [2.75, 3.05) is 45.8 Å². The van der Waals surface area contributed by atoms with Crippen molar-refractivity contribution in [1.82, 2.24) is 15.1 Å². The van der Waals surface area contributed by atoms with Crippen LogP contribution in [0, 0.1) is 5.41 Å². The zero-order chi connectivity index (χ0) is 15.1. The van der Waals surface area contributed by atoms with E-state index >= 15 is 0 Å². The lowest BCUT2D eigenvalue weighted by Crippen LogP contribution is -2.45. The van der Waals surface area contributed by atoms with Crippen LogP contribution in [-0.4, -0.2) is 61.7 Å². The third-order valence-corrected chi connectivity index (χ3v) is 5.33. The molecule has 1 N–H and O–H groups in total. The molecule has 2 aliphatic heterocycles. The Bertz CT molecular complexity index is 294. The molecule has 0 aromatic heterocycles. The van der Waals surface area contributed by atoms with Crippen LogP contribution in [0.5, 0.6) is 0 Å². The zero-order valence-corrected chi connectivity index (χ0v) is 14.7. The molecule has 0 aromatic carbocycles. The van der Waals surface area contributed by atoms with E-state index in [0.717, 1.165) is 12.6 Å². The molecule has 0 amide bonds. The molecule has 2 fully saturated rings. The topological polar surface area (TPSA) is 18.5 Å². The van der Waals surface area contributed by atoms with Crippen LogP contribution in [0.25, 0.3) is 0 Å². The number of fused-ring (bicyclic) bond motifs is 1. The molecule has 0 aliphatic carbocycles. The number of hydrogen-bond donors (Lipinski definition) is 1. The van der Waals surface area contributed by atoms with Gasteiger partial charge in [0.1, 0.15) is 0 Å². The quantitative estimate of drug-likeness (QED) is 0.695. The highest BCUT2D eigenvalue weighted by Gasteiger charge is 2.32. The molecule has 2 saturated heterocycles. The van der Waals surface area contributed by atoms with Gasteiger partial charge in [-0.3, -0.25) is 4.90 Å². The fraction of sp³-hybridized carbons (Fsp3) is 1.00. The van der Waals surface area contributed by atoms with Crippen molar-refractivity contribution < 1.29 is 0 Å². The summed E-state index contributed by atoms with van der Waals surface area (Å²) in [4.78, 5) is 5.52. The van der Waals surface area contributed by atoms with Crippen LogP contribution in [0.15, 0.2) is 0 Å². The van der Waals surface area contributed by atoms with Crippen molar-refractivity contribution in [2.24, 2.45) is 5.41 Å². The van der Waals surface area contributed by atoms with Gasteiger partial charge in [0.2, 0.25) is 0 Å². The second kappa shape index (κ2) is 8.50. The van der Waals surface area contributed by atoms with Crippen LogP contribution >= 0.6 is 0 Å². The van der Waals surface area contributed by atoms with Crippen LogP contribution < -0.4 is 5.32 Å². The Hall–Kier alpha value is -0.120. The molecule has 2 rings (SSSR count). The van der Waals surface area contributed by atoms with E-state index in [1.165, 1.54) is 77.8 Å². The van der Waals surface area contributed by atoms with E-state index in [0.29, 0.717) is 5.41 Å². The lowest BCUT2D eigenvalue weighted by Gasteiger charge is -2.36. The van der Waals surface area contributed by atoms with Crippen LogP contribution in [0.2, 0.25) is 0 Å². The first kappa shape index (κ1) is 17.2. The van der Waals surface area contributed by atoms with Gasteiger partial charge in [-0.25, -0.2) is 0 Å². The molecule has 21 heavy (non-hydrogen) atoms. The Morgan fingerprint density at radius 1 is 1.10 bits per heavy atom. The highest BCUT2D eigenvalue weighted by Crippen LogP contribution is 2.27. The molecule has 124 valence electrons. The maximum Gasteiger partial charge on any atom is 0.0223 e. The smallest absolute Gasteiger partial charge is 0.0223 e. The van der Waals surface area contributed by atoms with Gasteiger partial charge in [0.05, 0.1) is 0 Å². The van der Waals surface area contributed by atoms with E-state index in [1.807, 2.05) is 0 Å². The maximum atomic E-state index is 3.67. The summed E-state index contributed by atoms with van der Waals surface area (Å²) >= 11 is 0. The second-order valence-corrected chi connectivity index (χ2v) is 7.66. The summed E-state index contributed by atoms with van der Waals surface area (Å²) in [5, 5.41) is 3.67. The number of rotatable bonds is 8. The minimum Gasteiger partial charge on any atom is -0.316 e. The first-order chi connectivity index (χ1) is 10.2. The predicted molar refractivity (Wildman–Crippen MR) is 91.8 cm³/mol. The van der Waals surface area contributed by atoms with E-state index in [4.69, 9.17) is 0 Å². The number of nitrogens with one attached hydrogen (secondary N) is 1. The second-order valence-electron chi connectivity index (χ2n) is 7.66. The number of nitrogens with zero attached hydrogens (tertiary/aromatic N) is 2. The average Bonchev–Trinajstić information content (AvgIpc) is 2.78. The van der Waals surface area contributed by atoms with Gasteiger partial charge in [-0.15, -0.1) is 0 Å². The summed E-state index contributed by atoms with van der Waals surface area (Å²) < 4.78 is 0. The summed E-state index contributed by atoms with van der Waals surface area (Å²) in [7, 11) is 0. The van der Waals surface area contributed by atoms with E-state index < -0.39 is 0 Å². The largest absolute Gasteiger partial charge is 0.316 e. The fourth-order valence-corrected chi connectivity index (χ4v) is 4.36. The summed E-state index contributed by atoms with van der Waals surface area (Å²) in [6.07, 6.45) is 8.09. The Morgan fingerprint density at radius 3 is 2.67 bits per heavy atom. The molecular weight excluding hydrogens is 258 g/mol. The standard InChI is InChI=1S/C18H37N3/c1-4-9-18(3,15-19-10-5-2)16-20-11-7-13-21-12-6-8-17(21)14-20/h17,19H,4-16H2,1-3H3.